The lowest BCUT2D eigenvalue weighted by Gasteiger charge is -2.34. The van der Waals surface area contributed by atoms with Crippen LogP contribution in [-0.4, -0.2) is 43.1 Å². The maximum absolute atomic E-state index is 12.0. The fraction of sp³-hybridized carbons (Fsp3) is 0.923. The molecule has 7 heteroatoms. The topological polar surface area (TPSA) is 74.4 Å². The van der Waals surface area contributed by atoms with Gasteiger partial charge in [-0.2, -0.15) is 0 Å². The van der Waals surface area contributed by atoms with Gasteiger partial charge in [0.05, 0.1) is 11.6 Å². The molecule has 1 saturated heterocycles. The van der Waals surface area contributed by atoms with Crippen LogP contribution in [0, 0.1) is 0 Å². The van der Waals surface area contributed by atoms with Gasteiger partial charge in [-0.3, -0.25) is 10.6 Å². The van der Waals surface area contributed by atoms with Crippen molar-refractivity contribution in [1.29, 1.82) is 0 Å². The fourth-order valence-electron chi connectivity index (χ4n) is 2.89. The van der Waals surface area contributed by atoms with E-state index in [4.69, 9.17) is 16.3 Å². The summed E-state index contributed by atoms with van der Waals surface area (Å²) in [4.78, 5) is 12.0. The lowest BCUT2D eigenvalue weighted by Crippen LogP contribution is -2.65. The number of ether oxygens (including phenoxy) is 1. The van der Waals surface area contributed by atoms with Crippen LogP contribution in [0.2, 0.25) is 0 Å². The van der Waals surface area contributed by atoms with Gasteiger partial charge in [0.1, 0.15) is 6.29 Å². The van der Waals surface area contributed by atoms with Crippen LogP contribution in [-0.2, 0) is 4.74 Å². The maximum Gasteiger partial charge on any atom is 0.317 e. The third kappa shape index (κ3) is 4.77. The van der Waals surface area contributed by atoms with Gasteiger partial charge in [-0.1, -0.05) is 0 Å². The minimum atomic E-state index is -0.289. The average molecular weight is 305 g/mol. The second-order valence-electron chi connectivity index (χ2n) is 5.71. The highest BCUT2D eigenvalue weighted by Gasteiger charge is 2.26. The Balaban J connectivity index is 1.74. The largest absolute Gasteiger partial charge is 0.381 e. The molecule has 6 nitrogen and oxygen atoms in total. The third-order valence-electron chi connectivity index (χ3n) is 3.93. The molecular formula is C13H25ClN4O2. The molecular weight excluding hydrogens is 280 g/mol. The predicted molar refractivity (Wildman–Crippen MR) is 78.5 cm³/mol. The van der Waals surface area contributed by atoms with Crippen molar-refractivity contribution < 1.29 is 9.53 Å². The van der Waals surface area contributed by atoms with Gasteiger partial charge in [0, 0.05) is 19.2 Å². The van der Waals surface area contributed by atoms with Gasteiger partial charge in [0.15, 0.2) is 0 Å². The zero-order chi connectivity index (χ0) is 14.5. The van der Waals surface area contributed by atoms with Crippen LogP contribution >= 0.6 is 11.6 Å². The molecule has 0 aromatic carbocycles. The SMILES string of the molecule is COC1CCCC(NC(=O)NC2NC(C)CC(Cl)N2)C1. The summed E-state index contributed by atoms with van der Waals surface area (Å²) in [6, 6.07) is 0.285. The Bertz CT molecular complexity index is 321. The number of carbonyl (C=O) groups excluding carboxylic acids is 1. The Morgan fingerprint density at radius 2 is 2.05 bits per heavy atom. The highest BCUT2D eigenvalue weighted by molar-refractivity contribution is 6.20. The van der Waals surface area contributed by atoms with Crippen molar-refractivity contribution in [3.05, 3.63) is 0 Å². The lowest BCUT2D eigenvalue weighted by molar-refractivity contribution is 0.0602. The predicted octanol–water partition coefficient (Wildman–Crippen LogP) is 1.06. The molecule has 0 aromatic heterocycles. The molecule has 2 aliphatic rings. The first kappa shape index (κ1) is 15.8. The summed E-state index contributed by atoms with van der Waals surface area (Å²) in [5.41, 5.74) is -0.121. The molecule has 1 heterocycles. The lowest BCUT2D eigenvalue weighted by atomic mass is 9.93. The van der Waals surface area contributed by atoms with E-state index >= 15 is 0 Å². The van der Waals surface area contributed by atoms with Crippen LogP contribution in [0.3, 0.4) is 0 Å². The summed E-state index contributed by atoms with van der Waals surface area (Å²) in [6.07, 6.45) is 4.85. The zero-order valence-corrected chi connectivity index (χ0v) is 12.9. The quantitative estimate of drug-likeness (QED) is 0.465. The van der Waals surface area contributed by atoms with Crippen LogP contribution in [0.15, 0.2) is 0 Å². The summed E-state index contributed by atoms with van der Waals surface area (Å²) in [6.45, 7) is 2.05. The van der Waals surface area contributed by atoms with Crippen molar-refractivity contribution >= 4 is 17.6 Å². The Labute approximate surface area is 125 Å². The second kappa shape index (κ2) is 7.45. The first-order valence-corrected chi connectivity index (χ1v) is 7.76. The van der Waals surface area contributed by atoms with Gasteiger partial charge in [-0.25, -0.2) is 4.79 Å². The van der Waals surface area contributed by atoms with Crippen LogP contribution in [0.4, 0.5) is 4.79 Å². The van der Waals surface area contributed by atoms with E-state index in [1.165, 1.54) is 0 Å². The molecule has 0 bridgehead atoms. The van der Waals surface area contributed by atoms with Gasteiger partial charge < -0.3 is 15.4 Å². The molecule has 1 saturated carbocycles. The number of rotatable bonds is 3. The normalized spacial score (nSPS) is 38.2. The molecule has 20 heavy (non-hydrogen) atoms. The Morgan fingerprint density at radius 1 is 1.25 bits per heavy atom. The summed E-state index contributed by atoms with van der Waals surface area (Å²) >= 11 is 6.08. The molecule has 2 rings (SSSR count). The van der Waals surface area contributed by atoms with E-state index in [2.05, 4.69) is 21.3 Å². The summed E-state index contributed by atoms with van der Waals surface area (Å²) in [5, 5.41) is 12.2. The maximum atomic E-state index is 12.0. The molecule has 2 fully saturated rings. The molecule has 0 radical (unpaired) electrons. The minimum Gasteiger partial charge on any atom is -0.381 e. The van der Waals surface area contributed by atoms with Crippen LogP contribution in [0.5, 0.6) is 0 Å². The van der Waals surface area contributed by atoms with E-state index < -0.39 is 0 Å². The first-order chi connectivity index (χ1) is 9.56. The van der Waals surface area contributed by atoms with Crippen molar-refractivity contribution in [3.63, 3.8) is 0 Å². The van der Waals surface area contributed by atoms with Crippen molar-refractivity contribution in [2.45, 2.75) is 69.0 Å². The number of urea groups is 1. The highest BCUT2D eigenvalue weighted by atomic mass is 35.5. The van der Waals surface area contributed by atoms with Crippen LogP contribution in [0.1, 0.15) is 39.0 Å². The molecule has 0 aromatic rings. The number of nitrogens with one attached hydrogen (secondary N) is 4. The minimum absolute atomic E-state index is 0.121. The first-order valence-electron chi connectivity index (χ1n) is 7.33. The number of hydrogen-bond acceptors (Lipinski definition) is 4. The van der Waals surface area contributed by atoms with Gasteiger partial charge in [0.25, 0.3) is 0 Å². The Kier molecular flexibility index (Phi) is 5.89. The number of carbonyl (C=O) groups is 1. The summed E-state index contributed by atoms with van der Waals surface area (Å²) in [5.74, 6) is 0. The summed E-state index contributed by atoms with van der Waals surface area (Å²) in [7, 11) is 1.73. The second-order valence-corrected chi connectivity index (χ2v) is 6.24. The van der Waals surface area contributed by atoms with E-state index in [0.29, 0.717) is 0 Å². The molecule has 5 unspecified atom stereocenters. The van der Waals surface area contributed by atoms with Gasteiger partial charge in [0.2, 0.25) is 0 Å². The van der Waals surface area contributed by atoms with Crippen LogP contribution in [0.25, 0.3) is 0 Å². The molecule has 5 atom stereocenters. The standard InChI is InChI=1S/C13H25ClN4O2/c1-8-6-11(14)17-12(15-8)18-13(19)16-9-4-3-5-10(7-9)20-2/h8-12,15,17H,3-7H2,1-2H3,(H2,16,18,19). The molecule has 116 valence electrons. The number of methoxy groups -OCH3 is 1. The Morgan fingerprint density at radius 3 is 2.75 bits per heavy atom. The fourth-order valence-corrected chi connectivity index (χ4v) is 3.28. The molecule has 4 N–H and O–H groups in total. The highest BCUT2D eigenvalue weighted by Crippen LogP contribution is 2.20. The summed E-state index contributed by atoms with van der Waals surface area (Å²) < 4.78 is 5.37. The molecule has 1 aliphatic heterocycles. The van der Waals surface area contributed by atoms with Crippen molar-refractivity contribution in [3.8, 4) is 0 Å². The van der Waals surface area contributed by atoms with E-state index in [-0.39, 0.29) is 36.0 Å². The van der Waals surface area contributed by atoms with E-state index in [0.717, 1.165) is 32.1 Å². The van der Waals surface area contributed by atoms with Crippen LogP contribution < -0.4 is 21.3 Å². The molecule has 0 spiro atoms. The Hall–Kier alpha value is -0.560. The number of alkyl halides is 1. The van der Waals surface area contributed by atoms with Gasteiger partial charge in [-0.05, 0) is 39.0 Å². The monoisotopic (exact) mass is 304 g/mol. The smallest absolute Gasteiger partial charge is 0.317 e. The zero-order valence-electron chi connectivity index (χ0n) is 12.1. The average Bonchev–Trinajstić information content (AvgIpc) is 2.37. The third-order valence-corrected chi connectivity index (χ3v) is 4.23. The van der Waals surface area contributed by atoms with Crippen molar-refractivity contribution in [1.82, 2.24) is 21.3 Å². The molecule has 1 aliphatic carbocycles. The van der Waals surface area contributed by atoms with E-state index in [9.17, 15) is 4.79 Å². The van der Waals surface area contributed by atoms with E-state index in [1.807, 2.05) is 6.92 Å². The number of halogens is 1. The molecule has 2 amide bonds. The van der Waals surface area contributed by atoms with E-state index in [1.54, 1.807) is 7.11 Å². The van der Waals surface area contributed by atoms with Gasteiger partial charge >= 0.3 is 6.03 Å². The number of hydrogen-bond donors (Lipinski definition) is 4. The van der Waals surface area contributed by atoms with Crippen molar-refractivity contribution in [2.75, 3.05) is 7.11 Å². The van der Waals surface area contributed by atoms with Crippen molar-refractivity contribution in [2.24, 2.45) is 0 Å². The number of amides is 2. The van der Waals surface area contributed by atoms with Gasteiger partial charge in [-0.15, -0.1) is 11.6 Å².